The lowest BCUT2D eigenvalue weighted by Gasteiger charge is -2.18. The molecule has 1 aliphatic heterocycles. The predicted molar refractivity (Wildman–Crippen MR) is 104 cm³/mol. The van der Waals surface area contributed by atoms with E-state index in [0.717, 1.165) is 9.87 Å². The topological polar surface area (TPSA) is 83.6 Å². The highest BCUT2D eigenvalue weighted by molar-refractivity contribution is 7.94. The van der Waals surface area contributed by atoms with Crippen molar-refractivity contribution in [3.8, 4) is 0 Å². The molecule has 6 nitrogen and oxygen atoms in total. The monoisotopic (exact) mass is 386 g/mol. The Morgan fingerprint density at radius 1 is 1.11 bits per heavy atom. The summed E-state index contributed by atoms with van der Waals surface area (Å²) in [6.45, 7) is 3.67. The van der Waals surface area contributed by atoms with Crippen LogP contribution in [0.1, 0.15) is 29.8 Å². The summed E-state index contributed by atoms with van der Waals surface area (Å²) in [6, 6.07) is 15.9. The molecule has 0 spiro atoms. The lowest BCUT2D eigenvalue weighted by Crippen LogP contribution is -2.33. The second-order valence-corrected chi connectivity index (χ2v) is 9.07. The van der Waals surface area contributed by atoms with Gasteiger partial charge in [-0.1, -0.05) is 36.4 Å². The molecular formula is C20H22N2O4S. The van der Waals surface area contributed by atoms with Gasteiger partial charge in [0.1, 0.15) is 0 Å². The van der Waals surface area contributed by atoms with E-state index in [4.69, 9.17) is 0 Å². The third-order valence-electron chi connectivity index (χ3n) is 4.47. The van der Waals surface area contributed by atoms with Gasteiger partial charge < -0.3 is 5.32 Å². The van der Waals surface area contributed by atoms with Crippen molar-refractivity contribution in [3.05, 3.63) is 65.7 Å². The van der Waals surface area contributed by atoms with Gasteiger partial charge >= 0.3 is 0 Å². The molecule has 3 rings (SSSR count). The van der Waals surface area contributed by atoms with Gasteiger partial charge in [0.2, 0.25) is 15.9 Å². The average Bonchev–Trinajstić information content (AvgIpc) is 2.78. The second kappa shape index (κ2) is 7.15. The first-order valence-electron chi connectivity index (χ1n) is 8.70. The summed E-state index contributed by atoms with van der Waals surface area (Å²) >= 11 is 0. The van der Waals surface area contributed by atoms with Crippen LogP contribution in [0.2, 0.25) is 0 Å². The highest BCUT2D eigenvalue weighted by Crippen LogP contribution is 2.35. The molecule has 27 heavy (non-hydrogen) atoms. The Morgan fingerprint density at radius 2 is 1.81 bits per heavy atom. The maximum absolute atomic E-state index is 12.5. The van der Waals surface area contributed by atoms with Crippen molar-refractivity contribution in [1.82, 2.24) is 5.32 Å². The predicted octanol–water partition coefficient (Wildman–Crippen LogP) is 2.36. The minimum absolute atomic E-state index is 0.196. The number of amides is 2. The van der Waals surface area contributed by atoms with Crippen LogP contribution in [0.15, 0.2) is 54.6 Å². The van der Waals surface area contributed by atoms with E-state index < -0.39 is 21.3 Å². The quantitative estimate of drug-likeness (QED) is 0.855. The molecule has 0 bridgehead atoms. The fraction of sp³-hybridized carbons (Fsp3) is 0.300. The Labute approximate surface area is 159 Å². The highest BCUT2D eigenvalue weighted by atomic mass is 32.2. The van der Waals surface area contributed by atoms with Crippen molar-refractivity contribution in [3.63, 3.8) is 0 Å². The summed E-state index contributed by atoms with van der Waals surface area (Å²) in [4.78, 5) is 24.9. The van der Waals surface area contributed by atoms with Crippen LogP contribution in [0.5, 0.6) is 0 Å². The maximum atomic E-state index is 12.5. The third-order valence-corrected chi connectivity index (χ3v) is 6.49. The molecule has 7 heteroatoms. The van der Waals surface area contributed by atoms with Gasteiger partial charge in [0.25, 0.3) is 5.91 Å². The summed E-state index contributed by atoms with van der Waals surface area (Å²) in [5.74, 6) is -1.04. The van der Waals surface area contributed by atoms with E-state index in [1.807, 2.05) is 30.3 Å². The van der Waals surface area contributed by atoms with Gasteiger partial charge in [-0.2, -0.15) is 0 Å². The SMILES string of the molecule is CC1(C)CS(=O)(=O)N(c2cccc(C(=O)NCCc3ccccc3)c2)C1=O. The van der Waals surface area contributed by atoms with Gasteiger partial charge in [0.15, 0.2) is 0 Å². The number of anilines is 1. The Kier molecular flexibility index (Phi) is 5.06. The fourth-order valence-corrected chi connectivity index (χ4v) is 5.20. The number of carbonyl (C=O) groups is 2. The molecule has 0 aromatic heterocycles. The maximum Gasteiger partial charge on any atom is 0.251 e. The van der Waals surface area contributed by atoms with Crippen LogP contribution in [0.25, 0.3) is 0 Å². The molecule has 0 atom stereocenters. The van der Waals surface area contributed by atoms with Crippen molar-refractivity contribution in [2.75, 3.05) is 16.6 Å². The number of hydrogen-bond donors (Lipinski definition) is 1. The van der Waals surface area contributed by atoms with Crippen LogP contribution >= 0.6 is 0 Å². The molecule has 0 aliphatic carbocycles. The molecule has 2 aromatic rings. The molecule has 1 aliphatic rings. The normalized spacial score (nSPS) is 17.7. The summed E-state index contributed by atoms with van der Waals surface area (Å²) in [5.41, 5.74) is 0.643. The summed E-state index contributed by atoms with van der Waals surface area (Å²) in [7, 11) is -3.74. The van der Waals surface area contributed by atoms with Gasteiger partial charge in [-0.05, 0) is 44.0 Å². The van der Waals surface area contributed by atoms with Crippen LogP contribution in [-0.4, -0.2) is 32.5 Å². The molecule has 0 radical (unpaired) electrons. The van der Waals surface area contributed by atoms with Gasteiger partial charge in [-0.25, -0.2) is 12.7 Å². The molecule has 0 saturated carbocycles. The molecule has 1 fully saturated rings. The summed E-state index contributed by atoms with van der Waals surface area (Å²) in [5, 5.41) is 2.82. The first-order valence-corrected chi connectivity index (χ1v) is 10.3. The minimum Gasteiger partial charge on any atom is -0.352 e. The molecule has 2 aromatic carbocycles. The molecule has 142 valence electrons. The Hall–Kier alpha value is -2.67. The number of carbonyl (C=O) groups excluding carboxylic acids is 2. The van der Waals surface area contributed by atoms with Crippen molar-refractivity contribution in [2.24, 2.45) is 5.41 Å². The fourth-order valence-electron chi connectivity index (χ4n) is 3.10. The van der Waals surface area contributed by atoms with Crippen LogP contribution in [-0.2, 0) is 21.2 Å². The lowest BCUT2D eigenvalue weighted by molar-refractivity contribution is -0.123. The van der Waals surface area contributed by atoms with E-state index in [9.17, 15) is 18.0 Å². The number of nitrogens with zero attached hydrogens (tertiary/aromatic N) is 1. The zero-order valence-electron chi connectivity index (χ0n) is 15.3. The Morgan fingerprint density at radius 3 is 2.44 bits per heavy atom. The van der Waals surface area contributed by atoms with Gasteiger partial charge in [0.05, 0.1) is 16.9 Å². The largest absolute Gasteiger partial charge is 0.352 e. The van der Waals surface area contributed by atoms with Gasteiger partial charge in [0, 0.05) is 12.1 Å². The van der Waals surface area contributed by atoms with E-state index >= 15 is 0 Å². The number of nitrogens with one attached hydrogen (secondary N) is 1. The Balaban J connectivity index is 1.74. The minimum atomic E-state index is -3.74. The zero-order chi connectivity index (χ0) is 19.7. The molecule has 2 amide bonds. The highest BCUT2D eigenvalue weighted by Gasteiger charge is 2.49. The summed E-state index contributed by atoms with van der Waals surface area (Å²) in [6.07, 6.45) is 0.694. The number of benzene rings is 2. The number of rotatable bonds is 5. The van der Waals surface area contributed by atoms with E-state index in [0.29, 0.717) is 18.5 Å². The smallest absolute Gasteiger partial charge is 0.251 e. The van der Waals surface area contributed by atoms with Crippen molar-refractivity contribution in [1.29, 1.82) is 0 Å². The number of hydrogen-bond acceptors (Lipinski definition) is 4. The van der Waals surface area contributed by atoms with Crippen LogP contribution in [0.3, 0.4) is 0 Å². The van der Waals surface area contributed by atoms with Gasteiger partial charge in [-0.3, -0.25) is 9.59 Å². The van der Waals surface area contributed by atoms with Crippen LogP contribution < -0.4 is 9.62 Å². The third kappa shape index (κ3) is 4.03. The molecule has 1 saturated heterocycles. The molecular weight excluding hydrogens is 364 g/mol. The second-order valence-electron chi connectivity index (χ2n) is 7.25. The zero-order valence-corrected chi connectivity index (χ0v) is 16.1. The van der Waals surface area contributed by atoms with Crippen molar-refractivity contribution < 1.29 is 18.0 Å². The Bertz CT molecular complexity index is 968. The van der Waals surface area contributed by atoms with E-state index in [-0.39, 0.29) is 17.3 Å². The van der Waals surface area contributed by atoms with E-state index in [1.54, 1.807) is 26.0 Å². The van der Waals surface area contributed by atoms with E-state index in [2.05, 4.69) is 5.32 Å². The molecule has 1 heterocycles. The van der Waals surface area contributed by atoms with E-state index in [1.165, 1.54) is 12.1 Å². The lowest BCUT2D eigenvalue weighted by atomic mass is 9.95. The molecule has 0 unspecified atom stereocenters. The summed E-state index contributed by atoms with van der Waals surface area (Å²) < 4.78 is 25.6. The first kappa shape index (κ1) is 19.1. The first-order chi connectivity index (χ1) is 12.7. The van der Waals surface area contributed by atoms with Crippen molar-refractivity contribution >= 4 is 27.5 Å². The number of sulfonamides is 1. The standard InChI is InChI=1S/C20H22N2O4S/c1-20(2)14-27(25,26)22(19(20)24)17-10-6-9-16(13-17)18(23)21-12-11-15-7-4-3-5-8-15/h3-10,13H,11-12,14H2,1-2H3,(H,21,23). The molecule has 1 N–H and O–H groups in total. The van der Waals surface area contributed by atoms with Gasteiger partial charge in [-0.15, -0.1) is 0 Å². The van der Waals surface area contributed by atoms with Crippen LogP contribution in [0.4, 0.5) is 5.69 Å². The average molecular weight is 386 g/mol. The van der Waals surface area contributed by atoms with Crippen molar-refractivity contribution in [2.45, 2.75) is 20.3 Å². The van der Waals surface area contributed by atoms with Crippen LogP contribution in [0, 0.1) is 5.41 Å².